The fraction of sp³-hybridized carbons (Fsp3) is 0.488. The second kappa shape index (κ2) is 18.8. The van der Waals surface area contributed by atoms with Gasteiger partial charge >= 0.3 is 6.18 Å². The molecule has 0 saturated carbocycles. The molecular formula is C43H51ClF3N9O5. The van der Waals surface area contributed by atoms with Crippen molar-refractivity contribution in [2.75, 3.05) is 83.3 Å². The topological polar surface area (TPSA) is 145 Å². The van der Waals surface area contributed by atoms with E-state index in [0.29, 0.717) is 59.3 Å². The number of imide groups is 1. The fourth-order valence-corrected chi connectivity index (χ4v) is 8.97. The molecule has 0 bridgehead atoms. The minimum Gasteiger partial charge on any atom is -0.494 e. The molecule has 2 aromatic carbocycles. The number of carbonyl (C=O) groups excluding carboxylic acids is 4. The highest BCUT2D eigenvalue weighted by molar-refractivity contribution is 6.33. The van der Waals surface area contributed by atoms with Gasteiger partial charge in [-0.2, -0.15) is 18.3 Å². The molecule has 0 aliphatic carbocycles. The molecule has 3 fully saturated rings. The quantitative estimate of drug-likeness (QED) is 0.151. The molecule has 14 nitrogen and oxygen atoms in total. The zero-order valence-electron chi connectivity index (χ0n) is 34.3. The van der Waals surface area contributed by atoms with Gasteiger partial charge in [-0.25, -0.2) is 4.98 Å². The Balaban J connectivity index is 0.848. The van der Waals surface area contributed by atoms with E-state index < -0.39 is 17.8 Å². The highest BCUT2D eigenvalue weighted by Gasteiger charge is 2.39. The largest absolute Gasteiger partial charge is 0.494 e. The Hall–Kier alpha value is -5.26. The van der Waals surface area contributed by atoms with E-state index in [1.165, 1.54) is 13.2 Å². The number of carbonyl (C=O) groups is 4. The number of methoxy groups -OCH3 is 1. The van der Waals surface area contributed by atoms with Crippen LogP contribution in [0.5, 0.6) is 5.75 Å². The number of anilines is 2. The molecule has 326 valence electrons. The van der Waals surface area contributed by atoms with Gasteiger partial charge in [-0.3, -0.25) is 29.2 Å². The molecule has 5 heterocycles. The van der Waals surface area contributed by atoms with Crippen LogP contribution in [0.4, 0.5) is 24.5 Å². The molecule has 0 atom stereocenters. The third-order valence-electron chi connectivity index (χ3n) is 12.6. The first-order valence-electron chi connectivity index (χ1n) is 20.6. The van der Waals surface area contributed by atoms with E-state index in [2.05, 4.69) is 25.4 Å². The van der Waals surface area contributed by atoms with Crippen molar-refractivity contribution in [2.24, 2.45) is 5.41 Å². The van der Waals surface area contributed by atoms with Crippen LogP contribution in [0, 0.1) is 5.41 Å². The van der Waals surface area contributed by atoms with E-state index in [-0.39, 0.29) is 35.4 Å². The average Bonchev–Trinajstić information content (AvgIpc) is 3.68. The first-order chi connectivity index (χ1) is 29.2. The summed E-state index contributed by atoms with van der Waals surface area (Å²) in [7, 11) is 3.25. The Morgan fingerprint density at radius 3 is 2.33 bits per heavy atom. The number of amides is 4. The molecule has 4 amide bonds. The van der Waals surface area contributed by atoms with E-state index in [9.17, 15) is 32.3 Å². The number of hydrogen-bond donors (Lipinski definition) is 2. The molecule has 61 heavy (non-hydrogen) atoms. The number of likely N-dealkylation sites (tertiary alicyclic amines) is 3. The van der Waals surface area contributed by atoms with Crippen LogP contribution in [0.15, 0.2) is 54.7 Å². The molecule has 2 N–H and O–H groups in total. The van der Waals surface area contributed by atoms with E-state index in [1.54, 1.807) is 37.4 Å². The zero-order chi connectivity index (χ0) is 43.3. The first kappa shape index (κ1) is 43.8. The number of hydrogen-bond acceptors (Lipinski definition) is 10. The summed E-state index contributed by atoms with van der Waals surface area (Å²) in [5, 5.41) is 10.9. The fourth-order valence-electron chi connectivity index (χ4n) is 8.70. The number of ether oxygens (including phenoxy) is 1. The number of pyridine rings is 1. The van der Waals surface area contributed by atoms with E-state index in [0.717, 1.165) is 95.3 Å². The molecule has 0 radical (unpaired) electrons. The molecule has 4 aromatic rings. The summed E-state index contributed by atoms with van der Waals surface area (Å²) in [5.41, 5.74) is 0.976. The molecule has 0 unspecified atom stereocenters. The van der Waals surface area contributed by atoms with Crippen molar-refractivity contribution in [3.05, 3.63) is 76.7 Å². The van der Waals surface area contributed by atoms with Crippen molar-refractivity contribution < 1.29 is 37.1 Å². The second-order valence-corrected chi connectivity index (χ2v) is 16.7. The van der Waals surface area contributed by atoms with Gasteiger partial charge in [0.1, 0.15) is 17.1 Å². The number of nitrogens with one attached hydrogen (secondary N) is 2. The monoisotopic (exact) mass is 865 g/mol. The third-order valence-corrected chi connectivity index (χ3v) is 12.9. The summed E-state index contributed by atoms with van der Waals surface area (Å²) in [6.45, 7) is 7.76. The van der Waals surface area contributed by atoms with Gasteiger partial charge in [0.25, 0.3) is 11.8 Å². The number of fused-ring (bicyclic) bond motifs is 1. The molecule has 1 spiro atoms. The Labute approximate surface area is 357 Å². The number of benzene rings is 2. The van der Waals surface area contributed by atoms with Crippen LogP contribution in [0.25, 0.3) is 10.9 Å². The lowest BCUT2D eigenvalue weighted by Gasteiger charge is -2.47. The number of alkyl halides is 3. The number of aromatic nitrogens is 3. The van der Waals surface area contributed by atoms with Gasteiger partial charge in [0.05, 0.1) is 35.1 Å². The van der Waals surface area contributed by atoms with Crippen LogP contribution in [-0.2, 0) is 15.8 Å². The maximum absolute atomic E-state index is 13.6. The lowest BCUT2D eigenvalue weighted by Crippen LogP contribution is -2.49. The minimum absolute atomic E-state index is 0.0188. The Bertz CT molecular complexity index is 2230. The van der Waals surface area contributed by atoms with E-state index >= 15 is 0 Å². The van der Waals surface area contributed by atoms with Gasteiger partial charge in [-0.05, 0) is 93.4 Å². The van der Waals surface area contributed by atoms with Crippen LogP contribution in [0.2, 0.25) is 5.02 Å². The maximum Gasteiger partial charge on any atom is 0.433 e. The number of piperidine rings is 3. The summed E-state index contributed by atoms with van der Waals surface area (Å²) < 4.78 is 47.0. The molecular weight excluding hydrogens is 815 g/mol. The van der Waals surface area contributed by atoms with Crippen LogP contribution in [0.3, 0.4) is 0 Å². The third kappa shape index (κ3) is 10.4. The lowest BCUT2D eigenvalue weighted by molar-refractivity contribution is -0.141. The van der Waals surface area contributed by atoms with Crippen molar-refractivity contribution in [3.63, 3.8) is 0 Å². The van der Waals surface area contributed by atoms with E-state index in [1.807, 2.05) is 20.7 Å². The minimum atomic E-state index is -4.67. The molecule has 3 saturated heterocycles. The Kier molecular flexibility index (Phi) is 13.5. The Morgan fingerprint density at radius 1 is 0.967 bits per heavy atom. The van der Waals surface area contributed by atoms with Gasteiger partial charge in [0.2, 0.25) is 12.3 Å². The number of rotatable bonds is 13. The van der Waals surface area contributed by atoms with Crippen LogP contribution in [0.1, 0.15) is 77.5 Å². The second-order valence-electron chi connectivity index (χ2n) is 16.3. The number of halogens is 4. The van der Waals surface area contributed by atoms with Gasteiger partial charge in [0.15, 0.2) is 0 Å². The van der Waals surface area contributed by atoms with Crippen molar-refractivity contribution >= 4 is 58.0 Å². The summed E-state index contributed by atoms with van der Waals surface area (Å²) in [6, 6.07) is 12.1. The molecule has 2 aromatic heterocycles. The smallest absolute Gasteiger partial charge is 0.433 e. The van der Waals surface area contributed by atoms with E-state index in [4.69, 9.17) is 21.4 Å². The van der Waals surface area contributed by atoms with Crippen LogP contribution < -0.4 is 20.3 Å². The molecule has 3 aliphatic heterocycles. The van der Waals surface area contributed by atoms with Crippen LogP contribution >= 0.6 is 11.6 Å². The lowest BCUT2D eigenvalue weighted by atomic mass is 9.71. The number of nitrogens with zero attached hydrogens (tertiary/aromatic N) is 7. The van der Waals surface area contributed by atoms with Crippen molar-refractivity contribution in [1.82, 2.24) is 34.8 Å². The predicted molar refractivity (Wildman–Crippen MR) is 225 cm³/mol. The van der Waals surface area contributed by atoms with Crippen molar-refractivity contribution in [2.45, 2.75) is 57.2 Å². The molecule has 3 aliphatic rings. The zero-order valence-corrected chi connectivity index (χ0v) is 35.1. The van der Waals surface area contributed by atoms with Crippen molar-refractivity contribution in [3.8, 4) is 5.75 Å². The average molecular weight is 866 g/mol. The van der Waals surface area contributed by atoms with Gasteiger partial charge in [-0.1, -0.05) is 17.7 Å². The first-order valence-corrected chi connectivity index (χ1v) is 21.0. The van der Waals surface area contributed by atoms with Gasteiger partial charge < -0.3 is 29.7 Å². The summed E-state index contributed by atoms with van der Waals surface area (Å²) >= 11 is 6.46. The molecule has 18 heteroatoms. The maximum atomic E-state index is 13.6. The summed E-state index contributed by atoms with van der Waals surface area (Å²) in [4.78, 5) is 61.1. The van der Waals surface area contributed by atoms with Gasteiger partial charge in [-0.15, -0.1) is 0 Å². The van der Waals surface area contributed by atoms with Gasteiger partial charge in [0, 0.05) is 82.5 Å². The molecule has 7 rings (SSSR count). The summed E-state index contributed by atoms with van der Waals surface area (Å²) in [5.74, 6) is -0.843. The predicted octanol–water partition coefficient (Wildman–Crippen LogP) is 6.12. The SMILES string of the molecule is COc1cc2nn(C3CCN(CCN4CCC5(CC4)CCN(C(=O)c4ccc(Cl)c(N(C)CCC(=O)NC=O)c4)CC5)CC3)cc2cc1NC(=O)c1cccc(C(F)(F)F)n1. The van der Waals surface area contributed by atoms with Crippen LogP contribution in [-0.4, -0.2) is 127 Å². The highest BCUT2D eigenvalue weighted by atomic mass is 35.5. The summed E-state index contributed by atoms with van der Waals surface area (Å²) in [6.07, 6.45) is 3.83. The highest BCUT2D eigenvalue weighted by Crippen LogP contribution is 2.42. The standard InChI is InChI=1S/C43H51ClF3N9O5/c1-52(15-10-39(58)48-28-57)36-25-29(6-7-32(36)44)41(60)55-20-13-42(14-21-55)11-18-54(19-12-42)23-22-53-16-8-31(9-17-53)56-27-30-24-35(37(61-2)26-34(30)51-56)50-40(59)33-4-3-5-38(49-33)43(45,46)47/h3-7,24-28,31H,8-23H2,1-2H3,(H,50,59)(H,48,57,58). The Morgan fingerprint density at radius 2 is 1.66 bits per heavy atom. The van der Waals surface area contributed by atoms with Crippen molar-refractivity contribution in [1.29, 1.82) is 0 Å². The normalized spacial score (nSPS) is 17.6.